The van der Waals surface area contributed by atoms with Gasteiger partial charge in [0, 0.05) is 31.9 Å². The lowest BCUT2D eigenvalue weighted by molar-refractivity contribution is -0.151. The van der Waals surface area contributed by atoms with E-state index >= 15 is 0 Å². The summed E-state index contributed by atoms with van der Waals surface area (Å²) in [5.41, 5.74) is 0.822. The highest BCUT2D eigenvalue weighted by molar-refractivity contribution is 5.80. The molecule has 29 heavy (non-hydrogen) atoms. The normalized spacial score (nSPS) is 15.8. The van der Waals surface area contributed by atoms with Crippen molar-refractivity contribution in [1.29, 1.82) is 0 Å². The third kappa shape index (κ3) is 6.23. The molecular weight excluding hydrogens is 364 g/mol. The maximum Gasteiger partial charge on any atom is 0.328 e. The largest absolute Gasteiger partial charge is 0.508 e. The van der Waals surface area contributed by atoms with Crippen LogP contribution in [-0.2, 0) is 10.3 Å². The van der Waals surface area contributed by atoms with Crippen LogP contribution >= 0.6 is 0 Å². The van der Waals surface area contributed by atoms with Gasteiger partial charge in [0.25, 0.3) is 0 Å². The SMILES string of the molecule is CC.CC(C(=O)O)(c1ccccc1)N1CCN(c2ccc(O)cc2)CC1.CCC. The topological polar surface area (TPSA) is 64.0 Å². The van der Waals surface area contributed by atoms with Crippen LogP contribution < -0.4 is 4.90 Å². The predicted molar refractivity (Wildman–Crippen MR) is 121 cm³/mol. The number of nitrogens with zero attached hydrogens (tertiary/aromatic N) is 2. The summed E-state index contributed by atoms with van der Waals surface area (Å²) in [5.74, 6) is -0.577. The maximum absolute atomic E-state index is 12.0. The minimum absolute atomic E-state index is 0.250. The van der Waals surface area contributed by atoms with Gasteiger partial charge in [-0.2, -0.15) is 0 Å². The first-order valence-electron chi connectivity index (χ1n) is 10.5. The molecule has 5 nitrogen and oxygen atoms in total. The number of carboxylic acids is 1. The second kappa shape index (κ2) is 12.1. The molecule has 1 fully saturated rings. The standard InChI is InChI=1S/C19H22N2O3.C3H8.C2H6/c1-19(18(23)24,15-5-3-2-4-6-15)21-13-11-20(12-14-21)16-7-9-17(22)10-8-16;1-3-2;1-2/h2-10,22H,11-14H2,1H3,(H,23,24);3H2,1-2H3;1-2H3. The second-order valence-corrected chi connectivity index (χ2v) is 6.94. The molecule has 2 N–H and O–H groups in total. The Hall–Kier alpha value is -2.53. The summed E-state index contributed by atoms with van der Waals surface area (Å²) in [6.07, 6.45) is 1.25. The van der Waals surface area contributed by atoms with E-state index in [-0.39, 0.29) is 5.75 Å². The van der Waals surface area contributed by atoms with E-state index in [2.05, 4.69) is 18.7 Å². The van der Waals surface area contributed by atoms with Crippen LogP contribution in [-0.4, -0.2) is 47.3 Å². The van der Waals surface area contributed by atoms with Crippen molar-refractivity contribution in [3.63, 3.8) is 0 Å². The molecule has 160 valence electrons. The molecule has 1 heterocycles. The summed E-state index contributed by atoms with van der Waals surface area (Å²) in [6.45, 7) is 12.9. The first-order valence-corrected chi connectivity index (χ1v) is 10.5. The number of aliphatic carboxylic acids is 1. The maximum atomic E-state index is 12.0. The van der Waals surface area contributed by atoms with Crippen LogP contribution in [0.15, 0.2) is 54.6 Å². The Morgan fingerprint density at radius 3 is 1.86 bits per heavy atom. The van der Waals surface area contributed by atoms with Crippen molar-refractivity contribution >= 4 is 11.7 Å². The van der Waals surface area contributed by atoms with E-state index in [4.69, 9.17) is 0 Å². The van der Waals surface area contributed by atoms with E-state index in [1.807, 2.05) is 61.2 Å². The molecular formula is C24H36N2O3. The summed E-state index contributed by atoms with van der Waals surface area (Å²) in [5, 5.41) is 19.3. The van der Waals surface area contributed by atoms with Crippen LogP contribution in [0.25, 0.3) is 0 Å². The van der Waals surface area contributed by atoms with Gasteiger partial charge in [-0.05, 0) is 36.8 Å². The molecule has 3 rings (SSSR count). The van der Waals surface area contributed by atoms with Crippen LogP contribution in [0.1, 0.15) is 46.6 Å². The number of aromatic hydroxyl groups is 1. The van der Waals surface area contributed by atoms with Gasteiger partial charge in [0.2, 0.25) is 0 Å². The summed E-state index contributed by atoms with van der Waals surface area (Å²) < 4.78 is 0. The molecule has 0 bridgehead atoms. The molecule has 5 heteroatoms. The molecule has 0 saturated carbocycles. The molecule has 0 aliphatic carbocycles. The monoisotopic (exact) mass is 400 g/mol. The van der Waals surface area contributed by atoms with Crippen molar-refractivity contribution in [3.05, 3.63) is 60.2 Å². The number of carbonyl (C=O) groups is 1. The molecule has 1 aliphatic rings. The average Bonchev–Trinajstić information content (AvgIpc) is 2.76. The number of anilines is 1. The van der Waals surface area contributed by atoms with Gasteiger partial charge in [-0.25, -0.2) is 4.79 Å². The van der Waals surface area contributed by atoms with Gasteiger partial charge in [0.05, 0.1) is 0 Å². The molecule has 1 unspecified atom stereocenters. The van der Waals surface area contributed by atoms with Gasteiger partial charge in [0.1, 0.15) is 11.3 Å². The van der Waals surface area contributed by atoms with Gasteiger partial charge in [-0.1, -0.05) is 64.4 Å². The summed E-state index contributed by atoms with van der Waals surface area (Å²) >= 11 is 0. The lowest BCUT2D eigenvalue weighted by Crippen LogP contribution is -2.57. The fourth-order valence-electron chi connectivity index (χ4n) is 3.28. The van der Waals surface area contributed by atoms with Gasteiger partial charge < -0.3 is 15.1 Å². The van der Waals surface area contributed by atoms with E-state index in [0.29, 0.717) is 13.1 Å². The van der Waals surface area contributed by atoms with Crippen molar-refractivity contribution < 1.29 is 15.0 Å². The molecule has 0 spiro atoms. The van der Waals surface area contributed by atoms with Crippen LogP contribution in [0, 0.1) is 0 Å². The summed E-state index contributed by atoms with van der Waals surface area (Å²) in [6, 6.07) is 16.5. The molecule has 0 amide bonds. The Morgan fingerprint density at radius 2 is 1.41 bits per heavy atom. The highest BCUT2D eigenvalue weighted by Gasteiger charge is 2.42. The van der Waals surface area contributed by atoms with Crippen LogP contribution in [0.5, 0.6) is 5.75 Å². The minimum atomic E-state index is -1.03. The molecule has 1 aliphatic heterocycles. The highest BCUT2D eigenvalue weighted by Crippen LogP contribution is 2.30. The Morgan fingerprint density at radius 1 is 0.931 bits per heavy atom. The molecule has 2 aromatic carbocycles. The molecule has 0 radical (unpaired) electrons. The number of phenols is 1. The third-order valence-corrected chi connectivity index (χ3v) is 4.88. The zero-order chi connectivity index (χ0) is 21.9. The van der Waals surface area contributed by atoms with E-state index < -0.39 is 11.5 Å². The number of rotatable bonds is 4. The van der Waals surface area contributed by atoms with Crippen molar-refractivity contribution in [3.8, 4) is 5.75 Å². The van der Waals surface area contributed by atoms with Crippen LogP contribution in [0.2, 0.25) is 0 Å². The fraction of sp³-hybridized carbons (Fsp3) is 0.458. The number of phenolic OH excluding ortho intramolecular Hbond substituents is 1. The van der Waals surface area contributed by atoms with Crippen molar-refractivity contribution in [1.82, 2.24) is 4.90 Å². The molecule has 2 aromatic rings. The number of benzene rings is 2. The lowest BCUT2D eigenvalue weighted by Gasteiger charge is -2.44. The summed E-state index contributed by atoms with van der Waals surface area (Å²) in [4.78, 5) is 16.3. The average molecular weight is 401 g/mol. The lowest BCUT2D eigenvalue weighted by atomic mass is 9.89. The predicted octanol–water partition coefficient (Wildman–Crippen LogP) is 4.96. The summed E-state index contributed by atoms with van der Waals surface area (Å²) in [7, 11) is 0. The molecule has 1 atom stereocenters. The highest BCUT2D eigenvalue weighted by atomic mass is 16.4. The zero-order valence-electron chi connectivity index (χ0n) is 18.4. The third-order valence-electron chi connectivity index (χ3n) is 4.88. The fourth-order valence-corrected chi connectivity index (χ4v) is 3.28. The van der Waals surface area contributed by atoms with Gasteiger partial charge in [0.15, 0.2) is 0 Å². The van der Waals surface area contributed by atoms with Gasteiger partial charge in [-0.3, -0.25) is 4.90 Å². The van der Waals surface area contributed by atoms with Crippen molar-refractivity contribution in [2.24, 2.45) is 0 Å². The second-order valence-electron chi connectivity index (χ2n) is 6.94. The Kier molecular flexibility index (Phi) is 10.2. The Balaban J connectivity index is 0.000000771. The van der Waals surface area contributed by atoms with Crippen LogP contribution in [0.4, 0.5) is 5.69 Å². The Labute approximate surface area is 175 Å². The molecule has 1 saturated heterocycles. The number of hydrogen-bond acceptors (Lipinski definition) is 4. The number of carboxylic acid groups (broad SMARTS) is 1. The first kappa shape index (κ1) is 24.5. The number of hydrogen-bond donors (Lipinski definition) is 2. The van der Waals surface area contributed by atoms with E-state index in [1.165, 1.54) is 6.42 Å². The van der Waals surface area contributed by atoms with Crippen molar-refractivity contribution in [2.75, 3.05) is 31.1 Å². The van der Waals surface area contributed by atoms with E-state index in [1.54, 1.807) is 19.1 Å². The first-order chi connectivity index (χ1) is 13.9. The minimum Gasteiger partial charge on any atom is -0.508 e. The molecule has 0 aromatic heterocycles. The zero-order valence-corrected chi connectivity index (χ0v) is 18.4. The van der Waals surface area contributed by atoms with E-state index in [0.717, 1.165) is 24.3 Å². The number of piperazine rings is 1. The quantitative estimate of drug-likeness (QED) is 0.760. The van der Waals surface area contributed by atoms with E-state index in [9.17, 15) is 15.0 Å². The Bertz CT molecular complexity index is 711. The van der Waals surface area contributed by atoms with Crippen molar-refractivity contribution in [2.45, 2.75) is 46.6 Å². The van der Waals surface area contributed by atoms with Gasteiger partial charge in [-0.15, -0.1) is 0 Å². The van der Waals surface area contributed by atoms with Crippen LogP contribution in [0.3, 0.4) is 0 Å². The van der Waals surface area contributed by atoms with Gasteiger partial charge >= 0.3 is 5.97 Å². The smallest absolute Gasteiger partial charge is 0.328 e.